The van der Waals surface area contributed by atoms with Gasteiger partial charge in [0, 0.05) is 11.6 Å². The minimum Gasteiger partial charge on any atom is -0.480 e. The van der Waals surface area contributed by atoms with Crippen LogP contribution < -0.4 is 9.47 Å². The van der Waals surface area contributed by atoms with E-state index in [1.54, 1.807) is 6.07 Å². The maximum absolute atomic E-state index is 12.8. The molecule has 1 saturated heterocycles. The van der Waals surface area contributed by atoms with E-state index >= 15 is 0 Å². The highest BCUT2D eigenvalue weighted by molar-refractivity contribution is 7.89. The van der Waals surface area contributed by atoms with Gasteiger partial charge in [0.05, 0.1) is 31.1 Å². The second-order valence-electron chi connectivity index (χ2n) is 5.37. The fourth-order valence-corrected chi connectivity index (χ4v) is 4.71. The summed E-state index contributed by atoms with van der Waals surface area (Å²) in [6.07, 6.45) is 3.10. The molecule has 2 heterocycles. The summed E-state index contributed by atoms with van der Waals surface area (Å²) < 4.78 is 37.6. The molecule has 0 N–H and O–H groups in total. The molecule has 1 atom stereocenters. The van der Waals surface area contributed by atoms with E-state index in [0.717, 1.165) is 0 Å². The third kappa shape index (κ3) is 3.98. The Balaban J connectivity index is 1.74. The number of nitrogens with zero attached hydrogens (tertiary/aromatic N) is 3. The molecule has 25 heavy (non-hydrogen) atoms. The summed E-state index contributed by atoms with van der Waals surface area (Å²) in [6.45, 7) is 0.497. The molecule has 134 valence electrons. The highest BCUT2D eigenvalue weighted by Gasteiger charge is 2.35. The van der Waals surface area contributed by atoms with Gasteiger partial charge in [0.15, 0.2) is 0 Å². The number of benzene rings is 1. The molecule has 1 aromatic carbocycles. The van der Waals surface area contributed by atoms with E-state index in [2.05, 4.69) is 9.97 Å². The molecule has 0 saturated carbocycles. The number of hydrogen-bond acceptors (Lipinski definition) is 6. The van der Waals surface area contributed by atoms with Crippen molar-refractivity contribution in [2.75, 3.05) is 20.2 Å². The van der Waals surface area contributed by atoms with E-state index in [1.165, 1.54) is 35.9 Å². The predicted molar refractivity (Wildman–Crippen MR) is 92.8 cm³/mol. The van der Waals surface area contributed by atoms with Crippen LogP contribution in [0.2, 0.25) is 10.0 Å². The molecule has 1 aliphatic rings. The topological polar surface area (TPSA) is 81.6 Å². The Morgan fingerprint density at radius 2 is 2.00 bits per heavy atom. The monoisotopic (exact) mass is 403 g/mol. The number of aromatic nitrogens is 2. The van der Waals surface area contributed by atoms with Crippen LogP contribution in [0.3, 0.4) is 0 Å². The van der Waals surface area contributed by atoms with Gasteiger partial charge in [0.2, 0.25) is 21.8 Å². The molecule has 0 amide bonds. The molecule has 0 spiro atoms. The first-order chi connectivity index (χ1) is 11.9. The maximum atomic E-state index is 12.8. The van der Waals surface area contributed by atoms with Gasteiger partial charge >= 0.3 is 0 Å². The van der Waals surface area contributed by atoms with Crippen LogP contribution in [0.25, 0.3) is 0 Å². The summed E-state index contributed by atoms with van der Waals surface area (Å²) in [5.41, 5.74) is 0. The number of hydrogen-bond donors (Lipinski definition) is 0. The van der Waals surface area contributed by atoms with Gasteiger partial charge in [-0.25, -0.2) is 8.42 Å². The number of sulfonamides is 1. The summed E-state index contributed by atoms with van der Waals surface area (Å²) in [5, 5.41) is 0.439. The van der Waals surface area contributed by atoms with Crippen LogP contribution in [-0.2, 0) is 10.0 Å². The number of halogens is 2. The number of methoxy groups -OCH3 is 1. The van der Waals surface area contributed by atoms with Crippen molar-refractivity contribution < 1.29 is 17.9 Å². The molecular weight excluding hydrogens is 389 g/mol. The summed E-state index contributed by atoms with van der Waals surface area (Å²) in [7, 11) is -2.28. The first-order valence-corrected chi connectivity index (χ1v) is 9.57. The van der Waals surface area contributed by atoms with Crippen LogP contribution in [0.15, 0.2) is 35.5 Å². The largest absolute Gasteiger partial charge is 0.480 e. The van der Waals surface area contributed by atoms with Crippen molar-refractivity contribution in [1.29, 1.82) is 0 Å². The third-order valence-electron chi connectivity index (χ3n) is 3.71. The Labute approximate surface area is 155 Å². The zero-order valence-electron chi connectivity index (χ0n) is 13.2. The van der Waals surface area contributed by atoms with Gasteiger partial charge in [-0.1, -0.05) is 23.2 Å². The van der Waals surface area contributed by atoms with Crippen molar-refractivity contribution >= 4 is 33.2 Å². The van der Waals surface area contributed by atoms with Gasteiger partial charge in [-0.15, -0.1) is 0 Å². The fraction of sp³-hybridized carbons (Fsp3) is 0.333. The minimum atomic E-state index is -3.75. The van der Waals surface area contributed by atoms with Crippen molar-refractivity contribution in [2.45, 2.75) is 17.4 Å². The fourth-order valence-electron chi connectivity index (χ4n) is 2.48. The highest BCUT2D eigenvalue weighted by atomic mass is 35.5. The van der Waals surface area contributed by atoms with Crippen molar-refractivity contribution in [1.82, 2.24) is 14.3 Å². The van der Waals surface area contributed by atoms with E-state index < -0.39 is 10.0 Å². The second kappa shape index (κ2) is 7.33. The van der Waals surface area contributed by atoms with E-state index in [1.807, 2.05) is 0 Å². The lowest BCUT2D eigenvalue weighted by Gasteiger charge is -2.18. The molecule has 1 fully saturated rings. The molecule has 0 bridgehead atoms. The van der Waals surface area contributed by atoms with Crippen molar-refractivity contribution in [3.63, 3.8) is 0 Å². The molecule has 1 unspecified atom stereocenters. The first-order valence-electron chi connectivity index (χ1n) is 7.38. The molecule has 0 aliphatic carbocycles. The minimum absolute atomic E-state index is 0.0107. The van der Waals surface area contributed by atoms with E-state index in [0.29, 0.717) is 23.9 Å². The predicted octanol–water partition coefficient (Wildman–Crippen LogP) is 2.63. The number of ether oxygens (including phenoxy) is 2. The molecule has 0 radical (unpaired) electrons. The zero-order chi connectivity index (χ0) is 18.0. The van der Waals surface area contributed by atoms with E-state index in [-0.39, 0.29) is 28.4 Å². The zero-order valence-corrected chi connectivity index (χ0v) is 15.6. The van der Waals surface area contributed by atoms with E-state index in [9.17, 15) is 8.42 Å². The van der Waals surface area contributed by atoms with Crippen LogP contribution in [0.4, 0.5) is 0 Å². The van der Waals surface area contributed by atoms with Crippen LogP contribution in [0.1, 0.15) is 6.42 Å². The van der Waals surface area contributed by atoms with Crippen LogP contribution in [0.5, 0.6) is 11.8 Å². The molecule has 2 aromatic rings. The lowest BCUT2D eigenvalue weighted by atomic mass is 10.3. The maximum Gasteiger partial charge on any atom is 0.244 e. The van der Waals surface area contributed by atoms with Crippen LogP contribution in [-0.4, -0.2) is 49.0 Å². The summed E-state index contributed by atoms with van der Waals surface area (Å²) in [4.78, 5) is 8.06. The van der Waals surface area contributed by atoms with Gasteiger partial charge in [-0.05, 0) is 24.6 Å². The summed E-state index contributed by atoms with van der Waals surface area (Å²) in [6, 6.07) is 4.36. The third-order valence-corrected chi connectivity index (χ3v) is 6.29. The Hall–Kier alpha value is -1.61. The number of rotatable bonds is 5. The molecule has 7 nitrogen and oxygen atoms in total. The highest BCUT2D eigenvalue weighted by Crippen LogP contribution is 2.30. The molecule has 3 rings (SSSR count). The molecular formula is C15H15Cl2N3O4S. The Bertz CT molecular complexity index is 879. The van der Waals surface area contributed by atoms with Gasteiger partial charge in [0.25, 0.3) is 0 Å². The molecule has 1 aliphatic heterocycles. The molecule has 10 heteroatoms. The average Bonchev–Trinajstić information content (AvgIpc) is 3.06. The normalized spacial score (nSPS) is 18.3. The van der Waals surface area contributed by atoms with Crippen molar-refractivity contribution in [3.05, 3.63) is 40.6 Å². The SMILES string of the molecule is COc1cncc(OC2CCN(S(=O)(=O)c3cc(Cl)ccc3Cl)C2)n1. The lowest BCUT2D eigenvalue weighted by Crippen LogP contribution is -2.31. The smallest absolute Gasteiger partial charge is 0.244 e. The second-order valence-corrected chi connectivity index (χ2v) is 8.12. The summed E-state index contributed by atoms with van der Waals surface area (Å²) >= 11 is 11.9. The van der Waals surface area contributed by atoms with Crippen molar-refractivity contribution in [3.8, 4) is 11.8 Å². The Kier molecular flexibility index (Phi) is 5.33. The van der Waals surface area contributed by atoms with Gasteiger partial charge in [-0.3, -0.25) is 4.98 Å². The van der Waals surface area contributed by atoms with Crippen LogP contribution >= 0.6 is 23.2 Å². The first kappa shape index (κ1) is 18.2. The summed E-state index contributed by atoms with van der Waals surface area (Å²) in [5.74, 6) is 0.607. The Morgan fingerprint density at radius 3 is 2.76 bits per heavy atom. The van der Waals surface area contributed by atoms with Gasteiger partial charge in [-0.2, -0.15) is 9.29 Å². The van der Waals surface area contributed by atoms with Gasteiger partial charge < -0.3 is 9.47 Å². The lowest BCUT2D eigenvalue weighted by molar-refractivity contribution is 0.203. The van der Waals surface area contributed by atoms with E-state index in [4.69, 9.17) is 32.7 Å². The standard InChI is InChI=1S/C15H15Cl2N3O4S/c1-23-14-7-18-8-15(19-14)24-11-4-5-20(9-11)25(21,22)13-6-10(16)2-3-12(13)17/h2-3,6-8,11H,4-5,9H2,1H3. The Morgan fingerprint density at radius 1 is 1.24 bits per heavy atom. The average molecular weight is 404 g/mol. The van der Waals surface area contributed by atoms with Crippen molar-refractivity contribution in [2.24, 2.45) is 0 Å². The van der Waals surface area contributed by atoms with Gasteiger partial charge in [0.1, 0.15) is 11.0 Å². The van der Waals surface area contributed by atoms with Crippen LogP contribution in [0, 0.1) is 0 Å². The molecule has 1 aromatic heterocycles. The quantitative estimate of drug-likeness (QED) is 0.762.